The van der Waals surface area contributed by atoms with Crippen LogP contribution in [0.3, 0.4) is 0 Å². The van der Waals surface area contributed by atoms with Gasteiger partial charge < -0.3 is 5.11 Å². The van der Waals surface area contributed by atoms with Crippen LogP contribution in [0, 0.1) is 0 Å². The van der Waals surface area contributed by atoms with Crippen LogP contribution in [0.15, 0.2) is 52.9 Å². The maximum absolute atomic E-state index is 11.2. The van der Waals surface area contributed by atoms with Crippen molar-refractivity contribution in [2.75, 3.05) is 5.43 Å². The maximum Gasteiger partial charge on any atom is 0.336 e. The van der Waals surface area contributed by atoms with E-state index in [-0.39, 0.29) is 5.56 Å². The zero-order valence-electron chi connectivity index (χ0n) is 12.6. The molecule has 0 aliphatic rings. The van der Waals surface area contributed by atoms with Gasteiger partial charge in [-0.1, -0.05) is 41.4 Å². The van der Waals surface area contributed by atoms with E-state index in [2.05, 4.69) is 15.5 Å². The Morgan fingerprint density at radius 1 is 1.24 bits per heavy atom. The van der Waals surface area contributed by atoms with Crippen molar-refractivity contribution in [3.63, 3.8) is 0 Å². The maximum atomic E-state index is 11.2. The minimum Gasteiger partial charge on any atom is -0.478 e. The van der Waals surface area contributed by atoms with Crippen molar-refractivity contribution in [3.05, 3.63) is 69.0 Å². The van der Waals surface area contributed by atoms with Gasteiger partial charge in [-0.05, 0) is 24.3 Å². The number of rotatable bonds is 5. The fourth-order valence-corrected chi connectivity index (χ4v) is 3.15. The molecule has 3 aromatic rings. The van der Waals surface area contributed by atoms with Crippen molar-refractivity contribution in [1.82, 2.24) is 4.98 Å². The van der Waals surface area contributed by atoms with Crippen LogP contribution in [0.5, 0.6) is 0 Å². The van der Waals surface area contributed by atoms with Gasteiger partial charge in [-0.15, -0.1) is 11.3 Å². The van der Waals surface area contributed by atoms with E-state index in [1.165, 1.54) is 23.6 Å². The highest BCUT2D eigenvalue weighted by Crippen LogP contribution is 2.32. The van der Waals surface area contributed by atoms with Gasteiger partial charge in [-0.2, -0.15) is 5.10 Å². The summed E-state index contributed by atoms with van der Waals surface area (Å²) in [4.78, 5) is 15.6. The second-order valence-electron chi connectivity index (χ2n) is 4.92. The fourth-order valence-electron chi connectivity index (χ4n) is 2.10. The standard InChI is InChI=1S/C17H11Cl2N3O2S/c18-11-5-6-14(19)13(7-11)15-9-25-17(21-15)22-20-8-10-3-1-2-4-12(10)16(23)24/h1-9H,(H,21,22)(H,23,24). The van der Waals surface area contributed by atoms with Gasteiger partial charge in [0.2, 0.25) is 5.13 Å². The monoisotopic (exact) mass is 391 g/mol. The molecule has 0 atom stereocenters. The highest BCUT2D eigenvalue weighted by Gasteiger charge is 2.09. The molecule has 0 unspecified atom stereocenters. The number of carboxylic acid groups (broad SMARTS) is 1. The Kier molecular flexibility index (Phi) is 5.33. The summed E-state index contributed by atoms with van der Waals surface area (Å²) in [5.41, 5.74) is 4.88. The van der Waals surface area contributed by atoms with Crippen LogP contribution in [0.4, 0.5) is 5.13 Å². The van der Waals surface area contributed by atoms with E-state index in [0.717, 1.165) is 5.56 Å². The van der Waals surface area contributed by atoms with Gasteiger partial charge >= 0.3 is 5.97 Å². The Labute approximate surface area is 157 Å². The molecule has 3 rings (SSSR count). The Balaban J connectivity index is 1.76. The first-order valence-electron chi connectivity index (χ1n) is 7.07. The minimum absolute atomic E-state index is 0.179. The lowest BCUT2D eigenvalue weighted by Crippen LogP contribution is -2.02. The molecule has 0 bridgehead atoms. The molecule has 0 saturated heterocycles. The number of aromatic nitrogens is 1. The first-order chi connectivity index (χ1) is 12.0. The Morgan fingerprint density at radius 3 is 2.84 bits per heavy atom. The third-order valence-corrected chi connectivity index (χ3v) is 4.58. The first kappa shape index (κ1) is 17.4. The number of thiazole rings is 1. The van der Waals surface area contributed by atoms with Gasteiger partial charge in [-0.25, -0.2) is 9.78 Å². The molecule has 8 heteroatoms. The lowest BCUT2D eigenvalue weighted by Gasteiger charge is -2.01. The summed E-state index contributed by atoms with van der Waals surface area (Å²) in [7, 11) is 0. The van der Waals surface area contributed by atoms with Gasteiger partial charge in [0.15, 0.2) is 0 Å². The number of benzene rings is 2. The second-order valence-corrected chi connectivity index (χ2v) is 6.63. The largest absolute Gasteiger partial charge is 0.478 e. The Bertz CT molecular complexity index is 957. The van der Waals surface area contributed by atoms with Crippen LogP contribution in [0.2, 0.25) is 10.0 Å². The number of hydrazone groups is 1. The van der Waals surface area contributed by atoms with E-state index in [0.29, 0.717) is 26.4 Å². The molecule has 0 amide bonds. The molecule has 5 nitrogen and oxygen atoms in total. The van der Waals surface area contributed by atoms with Crippen molar-refractivity contribution < 1.29 is 9.90 Å². The molecule has 0 aliphatic heterocycles. The number of anilines is 1. The predicted octanol–water partition coefficient (Wildman–Crippen LogP) is 5.26. The molecular weight excluding hydrogens is 381 g/mol. The molecule has 1 heterocycles. The molecule has 0 spiro atoms. The highest BCUT2D eigenvalue weighted by molar-refractivity contribution is 7.14. The van der Waals surface area contributed by atoms with Crippen molar-refractivity contribution >= 4 is 51.9 Å². The van der Waals surface area contributed by atoms with Crippen LogP contribution in [-0.2, 0) is 0 Å². The van der Waals surface area contributed by atoms with Crippen LogP contribution in [-0.4, -0.2) is 22.3 Å². The van der Waals surface area contributed by atoms with Gasteiger partial charge in [0, 0.05) is 21.5 Å². The quantitative estimate of drug-likeness (QED) is 0.459. The van der Waals surface area contributed by atoms with Crippen LogP contribution >= 0.6 is 34.5 Å². The minimum atomic E-state index is -1.01. The van der Waals surface area contributed by atoms with E-state index in [9.17, 15) is 4.79 Å². The average molecular weight is 392 g/mol. The summed E-state index contributed by atoms with van der Waals surface area (Å²) in [5, 5.41) is 16.7. The number of carbonyl (C=O) groups is 1. The lowest BCUT2D eigenvalue weighted by molar-refractivity contribution is 0.0697. The van der Waals surface area contributed by atoms with Crippen LogP contribution in [0.25, 0.3) is 11.3 Å². The summed E-state index contributed by atoms with van der Waals surface area (Å²) >= 11 is 13.5. The van der Waals surface area contributed by atoms with Gasteiger partial charge in [0.05, 0.1) is 22.5 Å². The number of nitrogens with one attached hydrogen (secondary N) is 1. The summed E-state index contributed by atoms with van der Waals surface area (Å²) in [6.45, 7) is 0. The van der Waals surface area contributed by atoms with E-state index in [1.54, 1.807) is 36.4 Å². The molecule has 0 radical (unpaired) electrons. The molecule has 1 aromatic heterocycles. The number of aromatic carboxylic acids is 1. The number of hydrogen-bond acceptors (Lipinski definition) is 5. The summed E-state index contributed by atoms with van der Waals surface area (Å²) in [6.07, 6.45) is 1.44. The molecule has 0 saturated carbocycles. The van der Waals surface area contributed by atoms with Gasteiger partial charge in [-0.3, -0.25) is 5.43 Å². The third kappa shape index (κ3) is 4.17. The zero-order valence-corrected chi connectivity index (χ0v) is 14.9. The van der Waals surface area contributed by atoms with Crippen molar-refractivity contribution in [1.29, 1.82) is 0 Å². The molecular formula is C17H11Cl2N3O2S. The van der Waals surface area contributed by atoms with Crippen LogP contribution in [0.1, 0.15) is 15.9 Å². The summed E-state index contributed by atoms with van der Waals surface area (Å²) < 4.78 is 0. The summed E-state index contributed by atoms with van der Waals surface area (Å²) in [6, 6.07) is 11.8. The second kappa shape index (κ2) is 7.65. The predicted molar refractivity (Wildman–Crippen MR) is 102 cm³/mol. The number of halogens is 2. The van der Waals surface area contributed by atoms with E-state index < -0.39 is 5.97 Å². The van der Waals surface area contributed by atoms with Gasteiger partial charge in [0.25, 0.3) is 0 Å². The summed E-state index contributed by atoms with van der Waals surface area (Å²) in [5.74, 6) is -1.01. The first-order valence-corrected chi connectivity index (χ1v) is 8.70. The topological polar surface area (TPSA) is 74.6 Å². The molecule has 2 N–H and O–H groups in total. The Hall–Kier alpha value is -2.41. The SMILES string of the molecule is O=C(O)c1ccccc1C=NNc1nc(-c2cc(Cl)ccc2Cl)cs1. The molecule has 126 valence electrons. The van der Waals surface area contributed by atoms with E-state index >= 15 is 0 Å². The van der Waals surface area contributed by atoms with Gasteiger partial charge in [0.1, 0.15) is 0 Å². The van der Waals surface area contributed by atoms with Crippen molar-refractivity contribution in [2.24, 2.45) is 5.10 Å². The van der Waals surface area contributed by atoms with Crippen molar-refractivity contribution in [3.8, 4) is 11.3 Å². The highest BCUT2D eigenvalue weighted by atomic mass is 35.5. The number of hydrogen-bond donors (Lipinski definition) is 2. The zero-order chi connectivity index (χ0) is 17.8. The van der Waals surface area contributed by atoms with Crippen molar-refractivity contribution in [2.45, 2.75) is 0 Å². The number of carboxylic acids is 1. The van der Waals surface area contributed by atoms with Crippen LogP contribution < -0.4 is 5.43 Å². The Morgan fingerprint density at radius 2 is 2.04 bits per heavy atom. The number of nitrogens with zero attached hydrogens (tertiary/aromatic N) is 2. The molecule has 0 fully saturated rings. The van der Waals surface area contributed by atoms with E-state index in [4.69, 9.17) is 28.3 Å². The van der Waals surface area contributed by atoms with E-state index in [1.807, 2.05) is 5.38 Å². The average Bonchev–Trinajstić information content (AvgIpc) is 3.06. The smallest absolute Gasteiger partial charge is 0.336 e. The fraction of sp³-hybridized carbons (Fsp3) is 0. The normalized spacial score (nSPS) is 11.0. The lowest BCUT2D eigenvalue weighted by atomic mass is 10.1. The molecule has 0 aliphatic carbocycles. The molecule has 25 heavy (non-hydrogen) atoms. The molecule has 2 aromatic carbocycles. The third-order valence-electron chi connectivity index (χ3n) is 3.26.